The van der Waals surface area contributed by atoms with Gasteiger partial charge in [0, 0.05) is 52.5 Å². The third-order valence-electron chi connectivity index (χ3n) is 15.7. The van der Waals surface area contributed by atoms with Gasteiger partial charge in [-0.1, -0.05) is 195 Å². The van der Waals surface area contributed by atoms with Gasteiger partial charge in [-0.15, -0.1) is 29.7 Å². The average Bonchev–Trinajstić information content (AvgIpc) is 1.49. The van der Waals surface area contributed by atoms with Gasteiger partial charge in [0.1, 0.15) is 5.82 Å². The molecule has 0 unspecified atom stereocenters. The van der Waals surface area contributed by atoms with Crippen LogP contribution in [0.25, 0.3) is 106 Å². The van der Waals surface area contributed by atoms with E-state index < -0.39 is 19.1 Å². The number of hydrogen-bond donors (Lipinski definition) is 0. The van der Waals surface area contributed by atoms with Crippen molar-refractivity contribution < 1.29 is 38.6 Å². The summed E-state index contributed by atoms with van der Waals surface area (Å²) < 4.78 is 67.4. The molecule has 0 N–H and O–H groups in total. The molecular formula is C74H64N4OPt-2. The Labute approximate surface area is 493 Å². The van der Waals surface area contributed by atoms with Crippen molar-refractivity contribution in [2.75, 3.05) is 0 Å². The maximum absolute atomic E-state index is 9.05. The van der Waals surface area contributed by atoms with E-state index in [-0.39, 0.29) is 48.6 Å². The molecule has 0 aliphatic carbocycles. The maximum atomic E-state index is 9.05. The smallest absolute Gasteiger partial charge is 0.268 e. The summed E-state index contributed by atoms with van der Waals surface area (Å²) in [6.07, 6.45) is 5.74. The molecule has 0 amide bonds. The third kappa shape index (κ3) is 9.01. The normalized spacial score (nSPS) is 13.8. The van der Waals surface area contributed by atoms with E-state index >= 15 is 0 Å². The van der Waals surface area contributed by atoms with E-state index in [2.05, 4.69) is 195 Å². The van der Waals surface area contributed by atoms with Crippen LogP contribution in [0, 0.1) is 32.2 Å². The molecule has 0 radical (unpaired) electrons. The molecular weight excluding hydrogens is 1160 g/mol. The quantitative estimate of drug-likeness (QED) is 0.123. The minimum atomic E-state index is -2.69. The Bertz CT molecular complexity index is 4630. The van der Waals surface area contributed by atoms with E-state index in [1.54, 1.807) is 18.2 Å². The third-order valence-corrected chi connectivity index (χ3v) is 15.7. The van der Waals surface area contributed by atoms with Gasteiger partial charge in [-0.3, -0.25) is 4.57 Å². The largest absolute Gasteiger partial charge is 0.510 e. The zero-order valence-corrected chi connectivity index (χ0v) is 48.7. The van der Waals surface area contributed by atoms with Gasteiger partial charge in [-0.2, -0.15) is 18.2 Å². The number of ether oxygens (including phenoxy) is 1. The number of fused-ring (bicyclic) bond motifs is 10. The molecule has 1 aliphatic heterocycles. The Morgan fingerprint density at radius 2 is 1.10 bits per heavy atom. The van der Waals surface area contributed by atoms with Crippen LogP contribution in [-0.4, -0.2) is 14.1 Å². The molecule has 0 bridgehead atoms. The molecule has 3 aromatic heterocycles. The SMILES string of the molecule is [2H]C([2H])([2H])c1cccc(C([2H])([2H])[2H])c1-c1cc(C(C)(C)C)cc2c1-[n+]1[c-]n(-c3[c-]c(Oc4[c-]c5c(cc4)c4ccccc4n5-c4cc(C(C)(C)C)ccn4)ccc3)c3cc(-c4ccc(C(C)(C)C)cc4)cc(c31)-c1ccccc1-c1ccccc1-2.[Pt]. The van der Waals surface area contributed by atoms with Crippen LogP contribution in [0.2, 0.25) is 0 Å². The molecule has 0 fully saturated rings. The van der Waals surface area contributed by atoms with Gasteiger partial charge in [-0.25, -0.2) is 4.98 Å². The Morgan fingerprint density at radius 1 is 0.487 bits per heavy atom. The molecule has 0 saturated carbocycles. The molecule has 1 aliphatic rings. The monoisotopic (exact) mass is 1230 g/mol. The van der Waals surface area contributed by atoms with Crippen LogP contribution in [0.5, 0.6) is 11.5 Å². The number of para-hydroxylation sites is 1. The summed E-state index contributed by atoms with van der Waals surface area (Å²) in [5.41, 5.74) is 15.1. The first-order valence-corrected chi connectivity index (χ1v) is 27.1. The van der Waals surface area contributed by atoms with E-state index in [1.165, 1.54) is 5.56 Å². The minimum absolute atomic E-state index is 0. The number of hydrogen-bond acceptors (Lipinski definition) is 2. The molecule has 0 spiro atoms. The Balaban J connectivity index is 0.00000724. The number of pyridine rings is 1. The van der Waals surface area contributed by atoms with E-state index in [0.29, 0.717) is 28.4 Å². The van der Waals surface area contributed by atoms with E-state index in [4.69, 9.17) is 17.9 Å². The maximum Gasteiger partial charge on any atom is 0.268 e. The number of benzene rings is 9. The summed E-state index contributed by atoms with van der Waals surface area (Å²) in [7, 11) is 0. The zero-order chi connectivity index (χ0) is 59.7. The number of aromatic nitrogens is 4. The first-order chi connectivity index (χ1) is 40.3. The molecule has 80 heavy (non-hydrogen) atoms. The first kappa shape index (κ1) is 45.7. The van der Waals surface area contributed by atoms with Gasteiger partial charge in [-0.05, 0) is 149 Å². The second-order valence-electron chi connectivity index (χ2n) is 24.1. The fourth-order valence-corrected chi connectivity index (χ4v) is 11.5. The molecule has 4 heterocycles. The summed E-state index contributed by atoms with van der Waals surface area (Å²) in [5.74, 6) is 1.71. The van der Waals surface area contributed by atoms with Crippen molar-refractivity contribution >= 4 is 32.8 Å². The van der Waals surface area contributed by atoms with Gasteiger partial charge < -0.3 is 13.9 Å². The van der Waals surface area contributed by atoms with Crippen LogP contribution in [-0.2, 0) is 37.3 Å². The molecule has 13 rings (SSSR count). The summed E-state index contributed by atoms with van der Waals surface area (Å²) in [4.78, 5) is 4.90. The standard InChI is InChI=1S/C74H64N4O.Pt/c1-46-20-18-21-47(2)69(46)64-41-52(74(9,10)11)40-63-59-27-15-13-25-57(59)56-24-12-14-26-58(56)62-38-49(48-30-32-50(33-31-48)72(3,4)5)39-67-71(62)77(70(63)64)45-76(67)53-22-19-23-54(43-53)79-55-34-35-61-60-28-16-17-29-65(60)78(66(61)44-55)68-42-51(36-37-75-68)73(6,7)8;/h12-42H,1-11H3;/q-2;/i1D3,2D3;. The predicted octanol–water partition coefficient (Wildman–Crippen LogP) is 18.7. The van der Waals surface area contributed by atoms with Crippen LogP contribution in [0.4, 0.5) is 0 Å². The first-order valence-electron chi connectivity index (χ1n) is 30.1. The van der Waals surface area contributed by atoms with E-state index in [1.807, 2.05) is 69.9 Å². The van der Waals surface area contributed by atoms with Crippen molar-refractivity contribution in [3.63, 3.8) is 0 Å². The van der Waals surface area contributed by atoms with Crippen molar-refractivity contribution in [2.24, 2.45) is 0 Å². The molecule has 12 aromatic rings. The van der Waals surface area contributed by atoms with E-state index in [9.17, 15) is 0 Å². The van der Waals surface area contributed by atoms with Crippen molar-refractivity contribution in [1.82, 2.24) is 14.1 Å². The summed E-state index contributed by atoms with van der Waals surface area (Å²) in [6.45, 7) is 14.2. The summed E-state index contributed by atoms with van der Waals surface area (Å²) >= 11 is 0. The molecule has 9 aromatic carbocycles. The number of imidazole rings is 1. The van der Waals surface area contributed by atoms with Crippen LogP contribution in [0.3, 0.4) is 0 Å². The van der Waals surface area contributed by atoms with Crippen molar-refractivity contribution in [3.8, 4) is 84.3 Å². The Hall–Kier alpha value is -8.11. The van der Waals surface area contributed by atoms with E-state index in [0.717, 1.165) is 94.3 Å². The van der Waals surface area contributed by atoms with Crippen LogP contribution in [0.15, 0.2) is 188 Å². The molecule has 6 heteroatoms. The van der Waals surface area contributed by atoms with Gasteiger partial charge >= 0.3 is 0 Å². The molecule has 5 nitrogen and oxygen atoms in total. The van der Waals surface area contributed by atoms with Gasteiger partial charge in [0.05, 0.1) is 16.7 Å². The molecule has 398 valence electrons. The van der Waals surface area contributed by atoms with Crippen molar-refractivity contribution in [1.29, 1.82) is 0 Å². The zero-order valence-electron chi connectivity index (χ0n) is 52.4. The average molecular weight is 1230 g/mol. The fourth-order valence-electron chi connectivity index (χ4n) is 11.5. The Kier molecular flexibility index (Phi) is 11.2. The predicted molar refractivity (Wildman–Crippen MR) is 326 cm³/mol. The topological polar surface area (TPSA) is 35.9 Å². The Morgan fingerprint density at radius 3 is 1.77 bits per heavy atom. The second-order valence-corrected chi connectivity index (χ2v) is 24.1. The van der Waals surface area contributed by atoms with Crippen molar-refractivity contribution in [3.05, 3.63) is 234 Å². The number of aryl methyl sites for hydroxylation is 2. The van der Waals surface area contributed by atoms with Crippen LogP contribution in [0.1, 0.15) is 98.4 Å². The fraction of sp³-hybridized carbons (Fsp3) is 0.189. The number of nitrogens with zero attached hydrogens (tertiary/aromatic N) is 4. The number of rotatable bonds is 6. The summed E-state index contributed by atoms with van der Waals surface area (Å²) in [6, 6.07) is 68.4. The van der Waals surface area contributed by atoms with Gasteiger partial charge in [0.15, 0.2) is 0 Å². The summed E-state index contributed by atoms with van der Waals surface area (Å²) in [5, 5.41) is 2.09. The molecule has 0 saturated heterocycles. The minimum Gasteiger partial charge on any atom is -0.510 e. The van der Waals surface area contributed by atoms with Crippen LogP contribution >= 0.6 is 0 Å². The van der Waals surface area contributed by atoms with Gasteiger partial charge in [0.2, 0.25) is 0 Å². The molecule has 0 atom stereocenters. The van der Waals surface area contributed by atoms with Gasteiger partial charge in [0.25, 0.3) is 6.33 Å². The second kappa shape index (κ2) is 19.6. The van der Waals surface area contributed by atoms with Crippen molar-refractivity contribution in [2.45, 2.75) is 92.3 Å². The van der Waals surface area contributed by atoms with Crippen LogP contribution < -0.4 is 9.30 Å².